The molecule has 0 aliphatic rings. The summed E-state index contributed by atoms with van der Waals surface area (Å²) in [7, 11) is 0. The molecule has 0 saturated carbocycles. The number of nitrogens with two attached hydrogens (primary N) is 1. The molecule has 0 unspecified atom stereocenters. The number of halogens is 1. The molecule has 0 atom stereocenters. The molecule has 0 aliphatic carbocycles. The van der Waals surface area contributed by atoms with Crippen molar-refractivity contribution in [1.82, 2.24) is 5.32 Å². The number of aromatic carboxylic acids is 1. The number of nitrogen functional groups attached to an aromatic ring is 1. The number of benzene rings is 3. The first-order valence-corrected chi connectivity index (χ1v) is 10.9. The van der Waals surface area contributed by atoms with Crippen LogP contribution in [0.4, 0.5) is 5.69 Å². The zero-order valence-electron chi connectivity index (χ0n) is 19.5. The molecule has 0 spiro atoms. The molecule has 10 nitrogen and oxygen atoms in total. The highest BCUT2D eigenvalue weighted by atomic mass is 35.5. The number of carbonyl (C=O) groups excluding carboxylic acids is 2. The molecule has 3 aromatic carbocycles. The van der Waals surface area contributed by atoms with Gasteiger partial charge in [0.2, 0.25) is 0 Å². The minimum absolute atomic E-state index is 0. The third-order valence-electron chi connectivity index (χ3n) is 5.28. The summed E-state index contributed by atoms with van der Waals surface area (Å²) < 4.78 is 0. The van der Waals surface area contributed by atoms with Crippen molar-refractivity contribution in [3.63, 3.8) is 0 Å². The number of amidine groups is 1. The van der Waals surface area contributed by atoms with Crippen molar-refractivity contribution in [3.05, 3.63) is 89.0 Å². The largest absolute Gasteiger partial charge is 0.481 e. The van der Waals surface area contributed by atoms with E-state index < -0.39 is 23.8 Å². The lowest BCUT2D eigenvalue weighted by molar-refractivity contribution is -0.137. The second kappa shape index (κ2) is 12.8. The Labute approximate surface area is 218 Å². The van der Waals surface area contributed by atoms with Crippen LogP contribution in [0.25, 0.3) is 11.1 Å². The van der Waals surface area contributed by atoms with E-state index in [0.717, 1.165) is 0 Å². The van der Waals surface area contributed by atoms with E-state index in [9.17, 15) is 24.3 Å². The van der Waals surface area contributed by atoms with Crippen LogP contribution in [0, 0.1) is 5.41 Å². The number of aliphatic carboxylic acids is 1. The van der Waals surface area contributed by atoms with E-state index in [1.54, 1.807) is 48.5 Å². The number of rotatable bonds is 10. The first kappa shape index (κ1) is 28.5. The lowest BCUT2D eigenvalue weighted by Crippen LogP contribution is -2.25. The van der Waals surface area contributed by atoms with Gasteiger partial charge in [-0.3, -0.25) is 19.8 Å². The average Bonchev–Trinajstić information content (AvgIpc) is 2.86. The van der Waals surface area contributed by atoms with Crippen molar-refractivity contribution in [2.75, 3.05) is 11.9 Å². The fourth-order valence-electron chi connectivity index (χ4n) is 3.49. The van der Waals surface area contributed by atoms with Crippen molar-refractivity contribution < 1.29 is 29.4 Å². The summed E-state index contributed by atoms with van der Waals surface area (Å²) in [5.74, 6) is -3.36. The van der Waals surface area contributed by atoms with E-state index in [-0.39, 0.29) is 59.9 Å². The van der Waals surface area contributed by atoms with Crippen molar-refractivity contribution >= 4 is 47.7 Å². The molecule has 0 bridgehead atoms. The van der Waals surface area contributed by atoms with Gasteiger partial charge in [0.1, 0.15) is 5.84 Å². The van der Waals surface area contributed by atoms with Crippen LogP contribution >= 0.6 is 12.4 Å². The van der Waals surface area contributed by atoms with E-state index in [2.05, 4.69) is 10.6 Å². The standard InChI is InChI=1S/C26H24N4O6.ClH/c27-23(28)15-7-10-17(11-8-15)30-25(34)20-5-2-1-4-18(20)19-12-9-16(14-21(19)26(35)36)24(33)29-13-3-6-22(31)32;/h1-2,4-5,7-12,14H,3,6,13H2,(H3,27,28)(H,29,33)(H,30,34)(H,31,32)(H,35,36);1H. The predicted molar refractivity (Wildman–Crippen MR) is 141 cm³/mol. The number of anilines is 1. The topological polar surface area (TPSA) is 183 Å². The van der Waals surface area contributed by atoms with E-state index in [1.807, 2.05) is 0 Å². The van der Waals surface area contributed by atoms with E-state index in [4.69, 9.17) is 16.2 Å². The van der Waals surface area contributed by atoms with Crippen LogP contribution in [0.3, 0.4) is 0 Å². The molecule has 37 heavy (non-hydrogen) atoms. The number of amides is 2. The SMILES string of the molecule is Cl.N=C(N)c1ccc(NC(=O)c2ccccc2-c2ccc(C(=O)NCCCC(=O)O)cc2C(=O)O)cc1. The minimum Gasteiger partial charge on any atom is -0.481 e. The highest BCUT2D eigenvalue weighted by Gasteiger charge is 2.20. The predicted octanol–water partition coefficient (Wildman–Crippen LogP) is 3.60. The Morgan fingerprint density at radius 2 is 1.43 bits per heavy atom. The third kappa shape index (κ3) is 7.39. The van der Waals surface area contributed by atoms with Crippen LogP contribution in [0.1, 0.15) is 49.5 Å². The lowest BCUT2D eigenvalue weighted by Gasteiger charge is -2.14. The number of hydrogen-bond donors (Lipinski definition) is 6. The monoisotopic (exact) mass is 524 g/mol. The Hall–Kier alpha value is -4.70. The van der Waals surface area contributed by atoms with Gasteiger partial charge in [0.15, 0.2) is 0 Å². The molecule has 11 heteroatoms. The maximum absolute atomic E-state index is 13.0. The minimum atomic E-state index is -1.28. The quantitative estimate of drug-likeness (QED) is 0.133. The first-order valence-electron chi connectivity index (χ1n) is 10.9. The van der Waals surface area contributed by atoms with E-state index in [1.165, 1.54) is 18.2 Å². The van der Waals surface area contributed by atoms with Gasteiger partial charge >= 0.3 is 11.9 Å². The Balaban J connectivity index is 0.00000481. The van der Waals surface area contributed by atoms with Gasteiger partial charge in [-0.05, 0) is 60.0 Å². The second-order valence-corrected chi connectivity index (χ2v) is 7.81. The molecule has 0 fully saturated rings. The third-order valence-corrected chi connectivity index (χ3v) is 5.28. The molecular formula is C26H25ClN4O6. The van der Waals surface area contributed by atoms with Gasteiger partial charge in [-0.15, -0.1) is 12.4 Å². The van der Waals surface area contributed by atoms with Gasteiger partial charge in [-0.25, -0.2) is 4.79 Å². The van der Waals surface area contributed by atoms with Crippen molar-refractivity contribution in [1.29, 1.82) is 5.41 Å². The summed E-state index contributed by atoms with van der Waals surface area (Å²) in [5, 5.41) is 31.3. The summed E-state index contributed by atoms with van der Waals surface area (Å²) in [5.41, 5.74) is 7.19. The molecule has 0 saturated heterocycles. The van der Waals surface area contributed by atoms with Gasteiger partial charge in [0, 0.05) is 35.3 Å². The van der Waals surface area contributed by atoms with E-state index >= 15 is 0 Å². The molecule has 7 N–H and O–H groups in total. The molecule has 2 amide bonds. The van der Waals surface area contributed by atoms with Crippen molar-refractivity contribution in [3.8, 4) is 11.1 Å². The molecule has 0 heterocycles. The normalized spacial score (nSPS) is 10.1. The van der Waals surface area contributed by atoms with Crippen LogP contribution in [-0.4, -0.2) is 46.3 Å². The van der Waals surface area contributed by atoms with Crippen molar-refractivity contribution in [2.24, 2.45) is 5.73 Å². The van der Waals surface area contributed by atoms with Crippen LogP contribution < -0.4 is 16.4 Å². The number of nitrogens with one attached hydrogen (secondary N) is 3. The van der Waals surface area contributed by atoms with Gasteiger partial charge in [0.25, 0.3) is 11.8 Å². The van der Waals surface area contributed by atoms with Crippen LogP contribution in [0.15, 0.2) is 66.7 Å². The number of carboxylic acids is 2. The Bertz CT molecular complexity index is 1340. The highest BCUT2D eigenvalue weighted by molar-refractivity contribution is 6.11. The molecule has 3 rings (SSSR count). The van der Waals surface area contributed by atoms with Gasteiger partial charge in [-0.2, -0.15) is 0 Å². The summed E-state index contributed by atoms with van der Waals surface area (Å²) >= 11 is 0. The summed E-state index contributed by atoms with van der Waals surface area (Å²) in [6.07, 6.45) is 0.143. The maximum Gasteiger partial charge on any atom is 0.336 e. The Morgan fingerprint density at radius 1 is 0.811 bits per heavy atom. The highest BCUT2D eigenvalue weighted by Crippen LogP contribution is 2.29. The number of carboxylic acid groups (broad SMARTS) is 2. The fourth-order valence-corrected chi connectivity index (χ4v) is 3.49. The molecule has 192 valence electrons. The van der Waals surface area contributed by atoms with E-state index in [0.29, 0.717) is 16.8 Å². The lowest BCUT2D eigenvalue weighted by atomic mass is 9.93. The second-order valence-electron chi connectivity index (χ2n) is 7.81. The molecular weight excluding hydrogens is 500 g/mol. The van der Waals surface area contributed by atoms with Crippen LogP contribution in [0.5, 0.6) is 0 Å². The fraction of sp³-hybridized carbons (Fsp3) is 0.115. The Kier molecular flexibility index (Phi) is 9.91. The molecule has 0 radical (unpaired) electrons. The first-order chi connectivity index (χ1) is 17.2. The van der Waals surface area contributed by atoms with Crippen LogP contribution in [0.2, 0.25) is 0 Å². The number of hydrogen-bond acceptors (Lipinski definition) is 5. The summed E-state index contributed by atoms with van der Waals surface area (Å²) in [6.45, 7) is 0.131. The zero-order valence-corrected chi connectivity index (χ0v) is 20.3. The molecule has 0 aliphatic heterocycles. The van der Waals surface area contributed by atoms with Crippen molar-refractivity contribution in [2.45, 2.75) is 12.8 Å². The van der Waals surface area contributed by atoms with Gasteiger partial charge in [0.05, 0.1) is 5.56 Å². The number of carbonyl (C=O) groups is 4. The average molecular weight is 525 g/mol. The maximum atomic E-state index is 13.0. The smallest absolute Gasteiger partial charge is 0.336 e. The summed E-state index contributed by atoms with van der Waals surface area (Å²) in [4.78, 5) is 48.1. The van der Waals surface area contributed by atoms with Crippen LogP contribution in [-0.2, 0) is 4.79 Å². The Morgan fingerprint density at radius 3 is 2.05 bits per heavy atom. The van der Waals surface area contributed by atoms with Gasteiger partial charge in [-0.1, -0.05) is 24.3 Å². The van der Waals surface area contributed by atoms with Gasteiger partial charge < -0.3 is 26.6 Å². The summed E-state index contributed by atoms with van der Waals surface area (Å²) in [6, 6.07) is 17.0. The zero-order chi connectivity index (χ0) is 26.2. The molecule has 0 aromatic heterocycles. The molecule has 3 aromatic rings.